The van der Waals surface area contributed by atoms with Gasteiger partial charge in [0.25, 0.3) is 0 Å². The van der Waals surface area contributed by atoms with Gasteiger partial charge in [0.1, 0.15) is 0 Å². The van der Waals surface area contributed by atoms with Crippen molar-refractivity contribution in [3.63, 3.8) is 0 Å². The van der Waals surface area contributed by atoms with E-state index in [0.29, 0.717) is 12.5 Å². The lowest BCUT2D eigenvalue weighted by molar-refractivity contribution is 0.122. The van der Waals surface area contributed by atoms with E-state index in [1.54, 1.807) is 0 Å². The Morgan fingerprint density at radius 2 is 1.72 bits per heavy atom. The molecule has 1 aliphatic heterocycles. The molecule has 6 heteroatoms. The predicted octanol–water partition coefficient (Wildman–Crippen LogP) is 3.38. The van der Waals surface area contributed by atoms with Crippen LogP contribution in [0.5, 0.6) is 0 Å². The van der Waals surface area contributed by atoms with Crippen LogP contribution in [0.1, 0.15) is 11.1 Å². The minimum atomic E-state index is 0. The number of nitrogens with zero attached hydrogens (tertiary/aromatic N) is 2. The third-order valence-corrected chi connectivity index (χ3v) is 4.07. The molecule has 2 aromatic carbocycles. The van der Waals surface area contributed by atoms with Gasteiger partial charge < -0.3 is 20.7 Å². The van der Waals surface area contributed by atoms with E-state index in [2.05, 4.69) is 46.4 Å². The van der Waals surface area contributed by atoms with Gasteiger partial charge in [-0.2, -0.15) is 0 Å². The maximum Gasteiger partial charge on any atom is 0.193 e. The second kappa shape index (κ2) is 9.62. The van der Waals surface area contributed by atoms with Crippen molar-refractivity contribution in [3.05, 3.63) is 59.7 Å². The number of nitrogens with two attached hydrogens (primary N) is 1. The summed E-state index contributed by atoms with van der Waals surface area (Å²) >= 11 is 0. The highest BCUT2D eigenvalue weighted by Gasteiger charge is 2.10. The number of rotatable bonds is 4. The Morgan fingerprint density at radius 3 is 2.36 bits per heavy atom. The van der Waals surface area contributed by atoms with E-state index in [9.17, 15) is 0 Å². The van der Waals surface area contributed by atoms with Gasteiger partial charge in [-0.25, -0.2) is 4.99 Å². The van der Waals surface area contributed by atoms with Gasteiger partial charge in [0, 0.05) is 24.5 Å². The van der Waals surface area contributed by atoms with Gasteiger partial charge in [0.05, 0.1) is 19.8 Å². The smallest absolute Gasteiger partial charge is 0.193 e. The monoisotopic (exact) mass is 452 g/mol. The van der Waals surface area contributed by atoms with Gasteiger partial charge in [-0.1, -0.05) is 29.8 Å². The van der Waals surface area contributed by atoms with Gasteiger partial charge in [-0.05, 0) is 36.8 Å². The second-order valence-corrected chi connectivity index (χ2v) is 5.96. The maximum absolute atomic E-state index is 5.96. The molecule has 0 saturated carbocycles. The lowest BCUT2D eigenvalue weighted by atomic mass is 10.2. The molecule has 3 rings (SSSR count). The van der Waals surface area contributed by atoms with Crippen molar-refractivity contribution >= 4 is 41.3 Å². The summed E-state index contributed by atoms with van der Waals surface area (Å²) in [4.78, 5) is 6.74. The number of aryl methyl sites for hydroxylation is 1. The summed E-state index contributed by atoms with van der Waals surface area (Å²) in [5.74, 6) is 0.427. The average Bonchev–Trinajstić information content (AvgIpc) is 2.63. The van der Waals surface area contributed by atoms with Crippen LogP contribution in [0.25, 0.3) is 0 Å². The van der Waals surface area contributed by atoms with Crippen LogP contribution in [0, 0.1) is 6.92 Å². The van der Waals surface area contributed by atoms with E-state index in [4.69, 9.17) is 10.5 Å². The molecule has 0 radical (unpaired) electrons. The lowest BCUT2D eigenvalue weighted by Gasteiger charge is -2.28. The zero-order valence-corrected chi connectivity index (χ0v) is 16.8. The van der Waals surface area contributed by atoms with E-state index in [0.717, 1.165) is 37.6 Å². The molecule has 3 N–H and O–H groups in total. The summed E-state index contributed by atoms with van der Waals surface area (Å²) in [5, 5.41) is 3.11. The number of morpholine rings is 1. The number of nitrogens with one attached hydrogen (secondary N) is 1. The van der Waals surface area contributed by atoms with E-state index in [1.165, 1.54) is 11.3 Å². The highest BCUT2D eigenvalue weighted by atomic mass is 127. The van der Waals surface area contributed by atoms with E-state index >= 15 is 0 Å². The molecule has 134 valence electrons. The summed E-state index contributed by atoms with van der Waals surface area (Å²) in [7, 11) is 0. The van der Waals surface area contributed by atoms with Crippen LogP contribution in [-0.4, -0.2) is 32.3 Å². The Balaban J connectivity index is 0.00000225. The van der Waals surface area contributed by atoms with Gasteiger partial charge in [-0.15, -0.1) is 24.0 Å². The largest absolute Gasteiger partial charge is 0.378 e. The molecule has 0 aliphatic carbocycles. The van der Waals surface area contributed by atoms with Gasteiger partial charge in [-0.3, -0.25) is 0 Å². The normalized spacial score (nSPS) is 14.8. The minimum absolute atomic E-state index is 0. The molecule has 0 bridgehead atoms. The molecular weight excluding hydrogens is 427 g/mol. The van der Waals surface area contributed by atoms with Crippen molar-refractivity contribution in [3.8, 4) is 0 Å². The molecule has 1 aliphatic rings. The molecule has 0 unspecified atom stereocenters. The highest BCUT2D eigenvalue weighted by molar-refractivity contribution is 14.0. The van der Waals surface area contributed by atoms with Crippen LogP contribution < -0.4 is 16.0 Å². The van der Waals surface area contributed by atoms with Crippen molar-refractivity contribution in [1.82, 2.24) is 0 Å². The van der Waals surface area contributed by atoms with Crippen LogP contribution in [0.4, 0.5) is 11.4 Å². The summed E-state index contributed by atoms with van der Waals surface area (Å²) in [6.07, 6.45) is 0. The number of anilines is 2. The number of ether oxygens (including phenoxy) is 1. The summed E-state index contributed by atoms with van der Waals surface area (Å²) in [5.41, 5.74) is 10.5. The fraction of sp³-hybridized carbons (Fsp3) is 0.316. The zero-order valence-electron chi connectivity index (χ0n) is 14.4. The molecular formula is C19H25IN4O. The van der Waals surface area contributed by atoms with Crippen LogP contribution in [0.15, 0.2) is 53.5 Å². The lowest BCUT2D eigenvalue weighted by Crippen LogP contribution is -2.36. The number of aliphatic imine (C=N–C) groups is 1. The molecule has 1 saturated heterocycles. The zero-order chi connectivity index (χ0) is 16.8. The molecule has 2 aromatic rings. The van der Waals surface area contributed by atoms with Crippen LogP contribution >= 0.6 is 24.0 Å². The van der Waals surface area contributed by atoms with E-state index in [1.807, 2.05) is 24.3 Å². The maximum atomic E-state index is 5.96. The fourth-order valence-electron chi connectivity index (χ4n) is 2.63. The van der Waals surface area contributed by atoms with Gasteiger partial charge in [0.2, 0.25) is 0 Å². The number of halogens is 1. The van der Waals surface area contributed by atoms with Crippen molar-refractivity contribution in [2.75, 3.05) is 36.5 Å². The summed E-state index contributed by atoms with van der Waals surface area (Å²) in [6, 6.07) is 16.6. The topological polar surface area (TPSA) is 62.9 Å². The quantitative estimate of drug-likeness (QED) is 0.424. The number of guanidine groups is 1. The molecule has 5 nitrogen and oxygen atoms in total. The number of hydrogen-bond donors (Lipinski definition) is 2. The third kappa shape index (κ3) is 5.89. The summed E-state index contributed by atoms with van der Waals surface area (Å²) in [6.45, 7) is 6.12. The third-order valence-electron chi connectivity index (χ3n) is 4.07. The molecule has 0 amide bonds. The van der Waals surface area contributed by atoms with Crippen molar-refractivity contribution in [2.45, 2.75) is 13.5 Å². The summed E-state index contributed by atoms with van der Waals surface area (Å²) < 4.78 is 5.38. The molecule has 1 heterocycles. The van der Waals surface area contributed by atoms with Crippen LogP contribution in [-0.2, 0) is 11.3 Å². The SMILES string of the molecule is Cc1ccc(NC(N)=NCc2ccc(N3CCOCC3)cc2)cc1.I. The Morgan fingerprint density at radius 1 is 1.08 bits per heavy atom. The molecule has 0 spiro atoms. The molecule has 1 fully saturated rings. The van der Waals surface area contributed by atoms with Gasteiger partial charge >= 0.3 is 0 Å². The number of benzene rings is 2. The van der Waals surface area contributed by atoms with Crippen molar-refractivity contribution < 1.29 is 4.74 Å². The first-order chi connectivity index (χ1) is 11.7. The Bertz CT molecular complexity index is 680. The Hall–Kier alpha value is -1.80. The van der Waals surface area contributed by atoms with Crippen LogP contribution in [0.2, 0.25) is 0 Å². The highest BCUT2D eigenvalue weighted by Crippen LogP contribution is 2.17. The first-order valence-corrected chi connectivity index (χ1v) is 8.26. The van der Waals surface area contributed by atoms with Crippen LogP contribution in [0.3, 0.4) is 0 Å². The fourth-order valence-corrected chi connectivity index (χ4v) is 2.63. The predicted molar refractivity (Wildman–Crippen MR) is 115 cm³/mol. The molecule has 0 aromatic heterocycles. The standard InChI is InChI=1S/C19H24N4O.HI/c1-15-2-6-17(7-3-15)22-19(20)21-14-16-4-8-18(9-5-16)23-10-12-24-13-11-23;/h2-9H,10-14H2,1H3,(H3,20,21,22);1H. The average molecular weight is 452 g/mol. The number of hydrogen-bond acceptors (Lipinski definition) is 3. The van der Waals surface area contributed by atoms with Crippen molar-refractivity contribution in [2.24, 2.45) is 10.7 Å². The Labute approximate surface area is 166 Å². The van der Waals surface area contributed by atoms with E-state index in [-0.39, 0.29) is 24.0 Å². The van der Waals surface area contributed by atoms with E-state index < -0.39 is 0 Å². The van der Waals surface area contributed by atoms with Crippen molar-refractivity contribution in [1.29, 1.82) is 0 Å². The first kappa shape index (κ1) is 19.5. The second-order valence-electron chi connectivity index (χ2n) is 5.96. The minimum Gasteiger partial charge on any atom is -0.378 e. The first-order valence-electron chi connectivity index (χ1n) is 8.26. The molecule has 0 atom stereocenters. The molecule has 25 heavy (non-hydrogen) atoms. The Kier molecular flexibility index (Phi) is 7.52. The van der Waals surface area contributed by atoms with Gasteiger partial charge in [0.15, 0.2) is 5.96 Å².